The smallest absolute Gasteiger partial charge is 0.373 e. The molecule has 1 aliphatic rings. The Morgan fingerprint density at radius 1 is 1.24 bits per heavy atom. The van der Waals surface area contributed by atoms with Gasteiger partial charge in [0, 0.05) is 6.92 Å². The largest absolute Gasteiger partial charge is 0.463 e. The van der Waals surface area contributed by atoms with Crippen molar-refractivity contribution in [3.63, 3.8) is 0 Å². The van der Waals surface area contributed by atoms with E-state index in [1.165, 1.54) is 44.4 Å². The Labute approximate surface area is 169 Å². The van der Waals surface area contributed by atoms with E-state index in [0.717, 1.165) is 4.90 Å². The first-order valence-corrected chi connectivity index (χ1v) is 8.66. The van der Waals surface area contributed by atoms with Crippen LogP contribution in [0.5, 0.6) is 5.75 Å². The first-order valence-electron chi connectivity index (χ1n) is 8.28. The molecule has 1 saturated heterocycles. The number of ether oxygens (including phenoxy) is 2. The van der Waals surface area contributed by atoms with Gasteiger partial charge in [-0.3, -0.25) is 14.5 Å². The Hall–Kier alpha value is -3.59. The average molecular weight is 419 g/mol. The number of imide groups is 1. The zero-order chi connectivity index (χ0) is 21.1. The first kappa shape index (κ1) is 20.2. The van der Waals surface area contributed by atoms with Crippen molar-refractivity contribution >= 4 is 41.6 Å². The summed E-state index contributed by atoms with van der Waals surface area (Å²) in [5.41, 5.74) is 0.549. The molecule has 0 unspecified atom stereocenters. The van der Waals surface area contributed by atoms with E-state index in [0.29, 0.717) is 5.56 Å². The minimum absolute atomic E-state index is 0.0334. The second-order valence-corrected chi connectivity index (χ2v) is 6.33. The number of benzene rings is 1. The SMILES string of the molecule is COC(=O)c1ccc(CN2C(=O)N/C(=C\c3ccc(OC(C)=O)c(Cl)c3)C2=O)o1. The maximum atomic E-state index is 12.6. The van der Waals surface area contributed by atoms with Crippen LogP contribution in [0.1, 0.15) is 28.8 Å². The summed E-state index contributed by atoms with van der Waals surface area (Å²) in [6.45, 7) is 1.09. The molecule has 0 spiro atoms. The van der Waals surface area contributed by atoms with Gasteiger partial charge in [0.15, 0.2) is 0 Å². The van der Waals surface area contributed by atoms with Gasteiger partial charge in [0.2, 0.25) is 5.76 Å². The number of rotatable bonds is 5. The van der Waals surface area contributed by atoms with Gasteiger partial charge in [-0.05, 0) is 35.9 Å². The fraction of sp³-hybridized carbons (Fsp3) is 0.158. The second-order valence-electron chi connectivity index (χ2n) is 5.92. The maximum absolute atomic E-state index is 12.6. The highest BCUT2D eigenvalue weighted by molar-refractivity contribution is 6.32. The van der Waals surface area contributed by atoms with Crippen molar-refractivity contribution in [1.82, 2.24) is 10.2 Å². The Morgan fingerprint density at radius 2 is 2.00 bits per heavy atom. The van der Waals surface area contributed by atoms with Crippen molar-refractivity contribution in [3.05, 3.63) is 58.1 Å². The maximum Gasteiger partial charge on any atom is 0.373 e. The minimum atomic E-state index is -0.664. The van der Waals surface area contributed by atoms with Gasteiger partial charge in [-0.15, -0.1) is 0 Å². The summed E-state index contributed by atoms with van der Waals surface area (Å²) >= 11 is 6.06. The number of nitrogens with zero attached hydrogens (tertiary/aromatic N) is 1. The van der Waals surface area contributed by atoms with Gasteiger partial charge >= 0.3 is 18.0 Å². The van der Waals surface area contributed by atoms with Crippen molar-refractivity contribution in [2.75, 3.05) is 7.11 Å². The zero-order valence-electron chi connectivity index (χ0n) is 15.4. The van der Waals surface area contributed by atoms with E-state index in [-0.39, 0.29) is 34.5 Å². The third kappa shape index (κ3) is 4.46. The second kappa shape index (κ2) is 8.19. The highest BCUT2D eigenvalue weighted by Crippen LogP contribution is 2.27. The van der Waals surface area contributed by atoms with E-state index in [1.54, 1.807) is 6.07 Å². The number of furan rings is 1. The molecule has 1 N–H and O–H groups in total. The van der Waals surface area contributed by atoms with Crippen LogP contribution in [0, 0.1) is 0 Å². The molecule has 0 bridgehead atoms. The first-order chi connectivity index (χ1) is 13.8. The highest BCUT2D eigenvalue weighted by Gasteiger charge is 2.34. The molecule has 29 heavy (non-hydrogen) atoms. The van der Waals surface area contributed by atoms with Crippen LogP contribution in [-0.2, 0) is 20.9 Å². The summed E-state index contributed by atoms with van der Waals surface area (Å²) < 4.78 is 14.8. The van der Waals surface area contributed by atoms with Crippen molar-refractivity contribution in [2.45, 2.75) is 13.5 Å². The molecule has 3 rings (SSSR count). The number of carbonyl (C=O) groups excluding carboxylic acids is 4. The topological polar surface area (TPSA) is 115 Å². The summed E-state index contributed by atoms with van der Waals surface area (Å²) in [5.74, 6) is -1.37. The van der Waals surface area contributed by atoms with Gasteiger partial charge in [-0.25, -0.2) is 9.59 Å². The van der Waals surface area contributed by atoms with Gasteiger partial charge in [0.05, 0.1) is 18.7 Å². The quantitative estimate of drug-likeness (QED) is 0.343. The molecule has 9 nitrogen and oxygen atoms in total. The van der Waals surface area contributed by atoms with Crippen LogP contribution >= 0.6 is 11.6 Å². The number of halogens is 1. The monoisotopic (exact) mass is 418 g/mol. The van der Waals surface area contributed by atoms with Crippen LogP contribution in [0.25, 0.3) is 6.08 Å². The number of esters is 2. The van der Waals surface area contributed by atoms with E-state index in [2.05, 4.69) is 10.1 Å². The van der Waals surface area contributed by atoms with Crippen molar-refractivity contribution in [3.8, 4) is 5.75 Å². The minimum Gasteiger partial charge on any atom is -0.463 e. The standard InChI is InChI=1S/C19H15ClN2O7/c1-10(23)28-15-5-3-11(7-13(15)20)8-14-17(24)22(19(26)21-14)9-12-4-6-16(29-12)18(25)27-2/h3-8H,9H2,1-2H3,(H,21,26)/b14-8-. The van der Waals surface area contributed by atoms with E-state index < -0.39 is 23.9 Å². The Morgan fingerprint density at radius 3 is 2.66 bits per heavy atom. The van der Waals surface area contributed by atoms with Gasteiger partial charge in [-0.2, -0.15) is 0 Å². The van der Waals surface area contributed by atoms with Crippen LogP contribution in [0.2, 0.25) is 5.02 Å². The molecule has 150 valence electrons. The fourth-order valence-electron chi connectivity index (χ4n) is 2.56. The molecule has 0 saturated carbocycles. The zero-order valence-corrected chi connectivity index (χ0v) is 16.1. The molecule has 3 amide bonds. The average Bonchev–Trinajstić information content (AvgIpc) is 3.24. The van der Waals surface area contributed by atoms with Gasteiger partial charge in [0.25, 0.3) is 5.91 Å². The van der Waals surface area contributed by atoms with Crippen LogP contribution in [0.15, 0.2) is 40.4 Å². The molecule has 1 fully saturated rings. The van der Waals surface area contributed by atoms with Crippen LogP contribution in [-0.4, -0.2) is 35.9 Å². The van der Waals surface area contributed by atoms with Gasteiger partial charge < -0.3 is 19.2 Å². The van der Waals surface area contributed by atoms with Crippen LogP contribution in [0.4, 0.5) is 4.79 Å². The number of amides is 3. The number of hydrogen-bond acceptors (Lipinski definition) is 7. The molecular formula is C19H15ClN2O7. The number of urea groups is 1. The normalized spacial score (nSPS) is 14.9. The predicted octanol–water partition coefficient (Wildman–Crippen LogP) is 2.74. The molecule has 2 heterocycles. The Kier molecular flexibility index (Phi) is 5.69. The third-order valence-corrected chi connectivity index (χ3v) is 4.14. The highest BCUT2D eigenvalue weighted by atomic mass is 35.5. The lowest BCUT2D eigenvalue weighted by molar-refractivity contribution is -0.131. The lowest BCUT2D eigenvalue weighted by Gasteiger charge is -2.09. The summed E-state index contributed by atoms with van der Waals surface area (Å²) in [6, 6.07) is 6.77. The Bertz CT molecular complexity index is 1040. The molecule has 10 heteroatoms. The van der Waals surface area contributed by atoms with E-state index in [9.17, 15) is 19.2 Å². The number of nitrogens with one attached hydrogen (secondary N) is 1. The lowest BCUT2D eigenvalue weighted by Crippen LogP contribution is -2.30. The molecular weight excluding hydrogens is 404 g/mol. The van der Waals surface area contributed by atoms with Crippen molar-refractivity contribution in [2.24, 2.45) is 0 Å². The lowest BCUT2D eigenvalue weighted by atomic mass is 10.2. The molecule has 1 aliphatic heterocycles. The Balaban J connectivity index is 1.76. The molecule has 0 radical (unpaired) electrons. The molecule has 1 aromatic carbocycles. The van der Waals surface area contributed by atoms with E-state index in [1.807, 2.05) is 0 Å². The summed E-state index contributed by atoms with van der Waals surface area (Å²) in [4.78, 5) is 48.1. The third-order valence-electron chi connectivity index (χ3n) is 3.85. The summed E-state index contributed by atoms with van der Waals surface area (Å²) in [6.07, 6.45) is 1.44. The number of hydrogen-bond donors (Lipinski definition) is 1. The summed E-state index contributed by atoms with van der Waals surface area (Å²) in [7, 11) is 1.21. The predicted molar refractivity (Wildman–Crippen MR) is 99.9 cm³/mol. The number of methoxy groups -OCH3 is 1. The molecule has 0 aliphatic carbocycles. The molecule has 1 aromatic heterocycles. The molecule has 0 atom stereocenters. The van der Waals surface area contributed by atoms with Crippen molar-refractivity contribution in [1.29, 1.82) is 0 Å². The van der Waals surface area contributed by atoms with E-state index >= 15 is 0 Å². The van der Waals surface area contributed by atoms with Gasteiger partial charge in [0.1, 0.15) is 17.2 Å². The fourth-order valence-corrected chi connectivity index (χ4v) is 2.78. The molecule has 2 aromatic rings. The van der Waals surface area contributed by atoms with E-state index in [4.69, 9.17) is 20.8 Å². The van der Waals surface area contributed by atoms with Gasteiger partial charge in [-0.1, -0.05) is 17.7 Å². The van der Waals surface area contributed by atoms with Crippen molar-refractivity contribution < 1.29 is 33.1 Å². The summed E-state index contributed by atoms with van der Waals surface area (Å²) in [5, 5.41) is 2.64. The van der Waals surface area contributed by atoms with Crippen LogP contribution in [0.3, 0.4) is 0 Å². The number of carbonyl (C=O) groups is 4. The van der Waals surface area contributed by atoms with Crippen LogP contribution < -0.4 is 10.1 Å².